The van der Waals surface area contributed by atoms with Gasteiger partial charge in [0.1, 0.15) is 15.4 Å². The number of methoxy groups -OCH3 is 1. The van der Waals surface area contributed by atoms with Crippen LogP contribution >= 0.6 is 0 Å². The van der Waals surface area contributed by atoms with Crippen molar-refractivity contribution in [3.63, 3.8) is 0 Å². The molecule has 1 aliphatic rings. The van der Waals surface area contributed by atoms with Crippen LogP contribution in [-0.4, -0.2) is 38.9 Å². The molecule has 106 valence electrons. The van der Waals surface area contributed by atoms with Crippen LogP contribution in [0, 0.1) is 5.92 Å². The number of ketones is 1. The highest BCUT2D eigenvalue weighted by molar-refractivity contribution is 7.90. The predicted octanol–water partition coefficient (Wildman–Crippen LogP) is 1.98. The van der Waals surface area contributed by atoms with E-state index in [1.54, 1.807) is 7.11 Å². The Balaban J connectivity index is 2.57. The Labute approximate surface area is 110 Å². The molecule has 0 amide bonds. The third-order valence-corrected chi connectivity index (χ3v) is 4.80. The first-order valence-corrected chi connectivity index (χ1v) is 8.61. The van der Waals surface area contributed by atoms with Gasteiger partial charge in [0, 0.05) is 19.8 Å². The Morgan fingerprint density at radius 1 is 1.44 bits per heavy atom. The van der Waals surface area contributed by atoms with E-state index in [1.807, 2.05) is 0 Å². The van der Waals surface area contributed by atoms with Crippen molar-refractivity contribution in [1.29, 1.82) is 0 Å². The van der Waals surface area contributed by atoms with Crippen molar-refractivity contribution in [2.75, 3.05) is 19.1 Å². The smallest absolute Gasteiger partial charge is 0.164 e. The van der Waals surface area contributed by atoms with Gasteiger partial charge in [0.2, 0.25) is 0 Å². The Bertz CT molecular complexity index is 388. The van der Waals surface area contributed by atoms with Crippen LogP contribution < -0.4 is 0 Å². The van der Waals surface area contributed by atoms with Gasteiger partial charge in [-0.3, -0.25) is 4.79 Å². The highest BCUT2D eigenvalue weighted by atomic mass is 32.2. The Kier molecular flexibility index (Phi) is 5.34. The fourth-order valence-corrected chi connectivity index (χ4v) is 3.45. The fourth-order valence-electron chi connectivity index (χ4n) is 2.78. The van der Waals surface area contributed by atoms with Crippen LogP contribution in [0.25, 0.3) is 0 Å². The van der Waals surface area contributed by atoms with Crippen molar-refractivity contribution in [3.8, 4) is 0 Å². The summed E-state index contributed by atoms with van der Waals surface area (Å²) < 4.78 is 27.6. The van der Waals surface area contributed by atoms with Gasteiger partial charge in [-0.25, -0.2) is 8.42 Å². The summed E-state index contributed by atoms with van der Waals surface area (Å²) in [7, 11) is -1.39. The molecular formula is C13H24O4S. The summed E-state index contributed by atoms with van der Waals surface area (Å²) in [5, 5.41) is 0. The second-order valence-corrected chi connectivity index (χ2v) is 7.82. The minimum Gasteiger partial charge on any atom is -0.370 e. The first kappa shape index (κ1) is 15.6. The van der Waals surface area contributed by atoms with Crippen LogP contribution in [0.1, 0.15) is 45.4 Å². The first-order valence-electron chi connectivity index (χ1n) is 6.55. The molecule has 0 aliphatic heterocycles. The number of rotatable bonds is 6. The Hall–Kier alpha value is -0.420. The number of Topliss-reactive ketones (excluding diaryl/α,β-unsaturated/α-hetero) is 1. The van der Waals surface area contributed by atoms with E-state index in [2.05, 4.69) is 6.92 Å². The molecule has 5 heteroatoms. The Morgan fingerprint density at radius 2 is 2.11 bits per heavy atom. The maximum Gasteiger partial charge on any atom is 0.164 e. The van der Waals surface area contributed by atoms with E-state index < -0.39 is 15.4 Å². The number of hydrogen-bond donors (Lipinski definition) is 0. The molecule has 0 aromatic heterocycles. The molecule has 0 heterocycles. The summed E-state index contributed by atoms with van der Waals surface area (Å²) >= 11 is 0. The lowest BCUT2D eigenvalue weighted by Gasteiger charge is -2.37. The Morgan fingerprint density at radius 3 is 2.61 bits per heavy atom. The molecule has 0 aromatic carbocycles. The van der Waals surface area contributed by atoms with Gasteiger partial charge in [-0.15, -0.1) is 0 Å². The van der Waals surface area contributed by atoms with E-state index in [9.17, 15) is 13.2 Å². The van der Waals surface area contributed by atoms with E-state index in [0.29, 0.717) is 18.8 Å². The molecule has 18 heavy (non-hydrogen) atoms. The summed E-state index contributed by atoms with van der Waals surface area (Å²) in [5.74, 6) is 0.645. The molecule has 0 aromatic rings. The van der Waals surface area contributed by atoms with Crippen molar-refractivity contribution >= 4 is 15.6 Å². The van der Waals surface area contributed by atoms with Crippen molar-refractivity contribution in [2.45, 2.75) is 51.0 Å². The summed E-state index contributed by atoms with van der Waals surface area (Å²) in [6.45, 7) is 2.14. The lowest BCUT2D eigenvalue weighted by molar-refractivity contribution is -0.147. The predicted molar refractivity (Wildman–Crippen MR) is 71.3 cm³/mol. The van der Waals surface area contributed by atoms with Gasteiger partial charge in [-0.2, -0.15) is 0 Å². The van der Waals surface area contributed by atoms with Gasteiger partial charge in [0.15, 0.2) is 5.78 Å². The molecule has 2 atom stereocenters. The molecule has 1 rings (SSSR count). The number of carbonyl (C=O) groups is 1. The van der Waals surface area contributed by atoms with Gasteiger partial charge in [0.25, 0.3) is 0 Å². The van der Waals surface area contributed by atoms with Crippen LogP contribution in [0.4, 0.5) is 0 Å². The maximum atomic E-state index is 12.3. The monoisotopic (exact) mass is 276 g/mol. The van der Waals surface area contributed by atoms with E-state index >= 15 is 0 Å². The van der Waals surface area contributed by atoms with Crippen LogP contribution in [0.3, 0.4) is 0 Å². The number of sulfone groups is 1. The normalized spacial score (nSPS) is 29.2. The van der Waals surface area contributed by atoms with E-state index in [4.69, 9.17) is 4.74 Å². The van der Waals surface area contributed by atoms with Crippen LogP contribution in [0.15, 0.2) is 0 Å². The minimum absolute atomic E-state index is 0.0696. The standard InChI is InChI=1S/C13H24O4S/c1-11-6-4-8-13(10-11,17-2)12(14)7-5-9-18(3,15)16/h11H,4-10H2,1-3H3. The van der Waals surface area contributed by atoms with Gasteiger partial charge >= 0.3 is 0 Å². The van der Waals surface area contributed by atoms with Crippen LogP contribution in [0.2, 0.25) is 0 Å². The summed E-state index contributed by atoms with van der Waals surface area (Å²) in [4.78, 5) is 12.3. The highest BCUT2D eigenvalue weighted by Gasteiger charge is 2.40. The van der Waals surface area contributed by atoms with E-state index in [-0.39, 0.29) is 11.5 Å². The number of ether oxygens (including phenoxy) is 1. The van der Waals surface area contributed by atoms with E-state index in [1.165, 1.54) is 6.26 Å². The topological polar surface area (TPSA) is 60.4 Å². The van der Waals surface area contributed by atoms with Crippen molar-refractivity contribution < 1.29 is 17.9 Å². The molecule has 1 fully saturated rings. The molecule has 0 bridgehead atoms. The molecule has 0 spiro atoms. The molecular weight excluding hydrogens is 252 g/mol. The quantitative estimate of drug-likeness (QED) is 0.744. The number of hydrogen-bond acceptors (Lipinski definition) is 4. The molecule has 1 saturated carbocycles. The van der Waals surface area contributed by atoms with Crippen molar-refractivity contribution in [2.24, 2.45) is 5.92 Å². The molecule has 4 nitrogen and oxygen atoms in total. The molecule has 0 saturated heterocycles. The minimum atomic E-state index is -2.98. The molecule has 0 N–H and O–H groups in total. The first-order chi connectivity index (χ1) is 8.29. The van der Waals surface area contributed by atoms with Gasteiger partial charge in [-0.1, -0.05) is 13.3 Å². The second kappa shape index (κ2) is 6.15. The lowest BCUT2D eigenvalue weighted by Crippen LogP contribution is -2.44. The average Bonchev–Trinajstić information content (AvgIpc) is 2.27. The van der Waals surface area contributed by atoms with Gasteiger partial charge in [-0.05, 0) is 31.6 Å². The summed E-state index contributed by atoms with van der Waals surface area (Å²) in [6.07, 6.45) is 5.58. The van der Waals surface area contributed by atoms with Crippen LogP contribution in [-0.2, 0) is 19.4 Å². The zero-order valence-corrected chi connectivity index (χ0v) is 12.4. The van der Waals surface area contributed by atoms with E-state index in [0.717, 1.165) is 25.7 Å². The van der Waals surface area contributed by atoms with Gasteiger partial charge < -0.3 is 4.74 Å². The zero-order valence-electron chi connectivity index (χ0n) is 11.6. The van der Waals surface area contributed by atoms with Crippen LogP contribution in [0.5, 0.6) is 0 Å². The fraction of sp³-hybridized carbons (Fsp3) is 0.923. The average molecular weight is 276 g/mol. The number of carbonyl (C=O) groups excluding carboxylic acids is 1. The highest BCUT2D eigenvalue weighted by Crippen LogP contribution is 2.36. The summed E-state index contributed by atoms with van der Waals surface area (Å²) in [6, 6.07) is 0. The lowest BCUT2D eigenvalue weighted by atomic mass is 9.75. The zero-order chi connectivity index (χ0) is 13.8. The second-order valence-electron chi connectivity index (χ2n) is 5.56. The van der Waals surface area contributed by atoms with Crippen molar-refractivity contribution in [1.82, 2.24) is 0 Å². The maximum absolute atomic E-state index is 12.3. The third-order valence-electron chi connectivity index (χ3n) is 3.77. The molecule has 1 aliphatic carbocycles. The van der Waals surface area contributed by atoms with Gasteiger partial charge in [0.05, 0.1) is 5.75 Å². The third kappa shape index (κ3) is 4.35. The SMILES string of the molecule is COC1(C(=O)CCCS(C)(=O)=O)CCCC(C)C1. The molecule has 2 unspecified atom stereocenters. The molecule has 0 radical (unpaired) electrons. The largest absolute Gasteiger partial charge is 0.370 e. The summed E-state index contributed by atoms with van der Waals surface area (Å²) in [5.41, 5.74) is -0.658. The van der Waals surface area contributed by atoms with Crippen molar-refractivity contribution in [3.05, 3.63) is 0 Å².